The summed E-state index contributed by atoms with van der Waals surface area (Å²) < 4.78 is 0. The third-order valence-corrected chi connectivity index (χ3v) is 2.92. The molecule has 0 unspecified atom stereocenters. The Labute approximate surface area is 140 Å². The predicted molar refractivity (Wildman–Crippen MR) is 88.8 cm³/mol. The van der Waals surface area contributed by atoms with E-state index in [2.05, 4.69) is 10.6 Å². The van der Waals surface area contributed by atoms with Gasteiger partial charge >= 0.3 is 5.97 Å². The molecule has 0 rings (SSSR count). The van der Waals surface area contributed by atoms with Crippen LogP contribution in [-0.2, 0) is 14.4 Å². The van der Waals surface area contributed by atoms with Crippen LogP contribution in [-0.4, -0.2) is 59.3 Å². The summed E-state index contributed by atoms with van der Waals surface area (Å²) in [7, 11) is 0. The fraction of sp³-hybridized carbons (Fsp3) is 0.533. The number of aliphatic carboxylic acids is 1. The van der Waals surface area contributed by atoms with E-state index in [1.807, 2.05) is 6.92 Å². The first-order valence-corrected chi connectivity index (χ1v) is 7.52. The molecule has 0 aromatic heterocycles. The van der Waals surface area contributed by atoms with Gasteiger partial charge in [0.25, 0.3) is 0 Å². The van der Waals surface area contributed by atoms with Gasteiger partial charge in [-0.05, 0) is 13.3 Å². The monoisotopic (exact) mass is 342 g/mol. The number of rotatable bonds is 11. The van der Waals surface area contributed by atoms with E-state index in [0.717, 1.165) is 0 Å². The van der Waals surface area contributed by atoms with E-state index in [9.17, 15) is 19.5 Å². The molecule has 0 aliphatic carbocycles. The second kappa shape index (κ2) is 12.2. The van der Waals surface area contributed by atoms with Gasteiger partial charge in [0.15, 0.2) is 0 Å². The van der Waals surface area contributed by atoms with Gasteiger partial charge in [-0.2, -0.15) is 0 Å². The topological polar surface area (TPSA) is 168 Å². The van der Waals surface area contributed by atoms with Crippen LogP contribution in [0.15, 0.2) is 24.3 Å². The van der Waals surface area contributed by atoms with Crippen LogP contribution in [0.2, 0.25) is 0 Å². The summed E-state index contributed by atoms with van der Waals surface area (Å²) in [5, 5.41) is 23.2. The summed E-state index contributed by atoms with van der Waals surface area (Å²) >= 11 is 0. The van der Waals surface area contributed by atoms with Crippen LogP contribution < -0.4 is 22.1 Å². The number of carboxylic acid groups (broad SMARTS) is 1. The Morgan fingerprint density at radius 1 is 1.12 bits per heavy atom. The van der Waals surface area contributed by atoms with Crippen LogP contribution in [0.4, 0.5) is 0 Å². The van der Waals surface area contributed by atoms with Crippen molar-refractivity contribution in [3.8, 4) is 0 Å². The van der Waals surface area contributed by atoms with E-state index >= 15 is 0 Å². The number of aliphatic hydroxyl groups is 1. The van der Waals surface area contributed by atoms with Gasteiger partial charge in [0.1, 0.15) is 6.04 Å². The molecule has 0 aliphatic rings. The Kier molecular flexibility index (Phi) is 11.1. The van der Waals surface area contributed by atoms with Gasteiger partial charge in [-0.15, -0.1) is 0 Å². The summed E-state index contributed by atoms with van der Waals surface area (Å²) in [5.41, 5.74) is 11.0. The van der Waals surface area contributed by atoms with E-state index in [4.69, 9.17) is 16.6 Å². The molecule has 0 fully saturated rings. The zero-order chi connectivity index (χ0) is 18.5. The first kappa shape index (κ1) is 21.8. The van der Waals surface area contributed by atoms with Gasteiger partial charge in [0.2, 0.25) is 11.8 Å². The summed E-state index contributed by atoms with van der Waals surface area (Å²) in [5.74, 6) is -2.01. The molecule has 3 atom stereocenters. The Morgan fingerprint density at radius 3 is 2.38 bits per heavy atom. The number of carbonyl (C=O) groups excluding carboxylic acids is 2. The lowest BCUT2D eigenvalue weighted by Gasteiger charge is -2.17. The zero-order valence-corrected chi connectivity index (χ0v) is 13.6. The number of allylic oxidation sites excluding steroid dienone is 3. The first-order valence-electron chi connectivity index (χ1n) is 7.52. The summed E-state index contributed by atoms with van der Waals surface area (Å²) in [6.07, 6.45) is 5.49. The van der Waals surface area contributed by atoms with Crippen molar-refractivity contribution in [2.75, 3.05) is 13.1 Å². The normalized spacial score (nSPS) is 15.2. The van der Waals surface area contributed by atoms with Gasteiger partial charge in [0, 0.05) is 31.6 Å². The number of hydrogen-bond donors (Lipinski definition) is 6. The number of carbonyl (C=O) groups is 3. The molecule has 2 amide bonds. The molecule has 8 N–H and O–H groups in total. The van der Waals surface area contributed by atoms with Gasteiger partial charge < -0.3 is 32.3 Å². The fourth-order valence-corrected chi connectivity index (χ4v) is 1.67. The molecule has 0 radical (unpaired) electrons. The highest BCUT2D eigenvalue weighted by Gasteiger charge is 2.17. The average molecular weight is 342 g/mol. The van der Waals surface area contributed by atoms with Gasteiger partial charge in [-0.1, -0.05) is 18.2 Å². The van der Waals surface area contributed by atoms with Crippen molar-refractivity contribution in [3.05, 3.63) is 24.3 Å². The van der Waals surface area contributed by atoms with Crippen LogP contribution in [0.5, 0.6) is 0 Å². The molecule has 136 valence electrons. The number of amides is 2. The van der Waals surface area contributed by atoms with Crippen LogP contribution in [0, 0.1) is 0 Å². The molecule has 0 saturated heterocycles. The number of carboxylic acids is 1. The van der Waals surface area contributed by atoms with Crippen LogP contribution in [0.3, 0.4) is 0 Å². The van der Waals surface area contributed by atoms with Crippen molar-refractivity contribution in [2.24, 2.45) is 11.5 Å². The van der Waals surface area contributed by atoms with Crippen LogP contribution in [0.1, 0.15) is 19.8 Å². The lowest BCUT2D eigenvalue weighted by molar-refractivity contribution is -0.138. The average Bonchev–Trinajstić information content (AvgIpc) is 2.50. The maximum Gasteiger partial charge on any atom is 0.322 e. The van der Waals surface area contributed by atoms with E-state index in [1.165, 1.54) is 6.08 Å². The minimum atomic E-state index is -1.21. The van der Waals surface area contributed by atoms with Crippen molar-refractivity contribution in [3.63, 3.8) is 0 Å². The fourth-order valence-electron chi connectivity index (χ4n) is 1.67. The lowest BCUT2D eigenvalue weighted by Crippen LogP contribution is -2.44. The SMILES string of the molecule is C/C=C\C=C\C(=O)NC[C@H](O)C[C@@H](N)CC(=O)NC[C@@H](N)C(=O)O. The highest BCUT2D eigenvalue weighted by Crippen LogP contribution is 2.00. The minimum Gasteiger partial charge on any atom is -0.480 e. The molecule has 0 spiro atoms. The predicted octanol–water partition coefficient (Wildman–Crippen LogP) is -1.77. The lowest BCUT2D eigenvalue weighted by atomic mass is 10.1. The Morgan fingerprint density at radius 2 is 1.79 bits per heavy atom. The first-order chi connectivity index (χ1) is 11.3. The third-order valence-electron chi connectivity index (χ3n) is 2.92. The molecule has 0 saturated carbocycles. The van der Waals surface area contributed by atoms with Gasteiger partial charge in [0.05, 0.1) is 6.10 Å². The molecular formula is C15H26N4O5. The van der Waals surface area contributed by atoms with Crippen LogP contribution >= 0.6 is 0 Å². The Balaban J connectivity index is 4.00. The summed E-state index contributed by atoms with van der Waals surface area (Å²) in [6.45, 7) is 1.63. The maximum absolute atomic E-state index is 11.6. The molecule has 24 heavy (non-hydrogen) atoms. The second-order valence-corrected chi connectivity index (χ2v) is 5.23. The minimum absolute atomic E-state index is 0.0121. The number of hydrogen-bond acceptors (Lipinski definition) is 6. The van der Waals surface area contributed by atoms with Crippen molar-refractivity contribution < 1.29 is 24.6 Å². The molecule has 0 aromatic carbocycles. The summed E-state index contributed by atoms with van der Waals surface area (Å²) in [4.78, 5) is 33.5. The number of aliphatic hydroxyl groups excluding tert-OH is 1. The van der Waals surface area contributed by atoms with Gasteiger partial charge in [-0.3, -0.25) is 14.4 Å². The van der Waals surface area contributed by atoms with Crippen molar-refractivity contribution in [1.82, 2.24) is 10.6 Å². The van der Waals surface area contributed by atoms with E-state index in [-0.39, 0.29) is 31.8 Å². The van der Waals surface area contributed by atoms with Gasteiger partial charge in [-0.25, -0.2) is 0 Å². The van der Waals surface area contributed by atoms with E-state index in [0.29, 0.717) is 0 Å². The maximum atomic E-state index is 11.6. The smallest absolute Gasteiger partial charge is 0.322 e. The van der Waals surface area contributed by atoms with Crippen molar-refractivity contribution >= 4 is 17.8 Å². The molecule has 0 heterocycles. The molecule has 0 aliphatic heterocycles. The Hall–Kier alpha value is -2.23. The summed E-state index contributed by atoms with van der Waals surface area (Å²) in [6, 6.07) is -1.81. The molecule has 9 nitrogen and oxygen atoms in total. The van der Waals surface area contributed by atoms with Crippen molar-refractivity contribution in [2.45, 2.75) is 38.0 Å². The van der Waals surface area contributed by atoms with Crippen molar-refractivity contribution in [1.29, 1.82) is 0 Å². The zero-order valence-electron chi connectivity index (χ0n) is 13.6. The standard InChI is InChI=1S/C15H26N4O5/c1-2-3-4-5-13(21)18-8-11(20)6-10(16)7-14(22)19-9-12(17)15(23)24/h2-5,10-12,20H,6-9,16-17H2,1H3,(H,18,21)(H,19,22)(H,23,24)/b3-2-,5-4+/t10-,11-,12-/m1/s1. The second-order valence-electron chi connectivity index (χ2n) is 5.23. The number of nitrogens with two attached hydrogens (primary N) is 2. The van der Waals surface area contributed by atoms with E-state index < -0.39 is 30.1 Å². The molecular weight excluding hydrogens is 316 g/mol. The van der Waals surface area contributed by atoms with E-state index in [1.54, 1.807) is 18.2 Å². The molecule has 0 bridgehead atoms. The molecule has 9 heteroatoms. The van der Waals surface area contributed by atoms with Crippen LogP contribution in [0.25, 0.3) is 0 Å². The Bertz CT molecular complexity index is 478. The number of nitrogens with one attached hydrogen (secondary N) is 2. The largest absolute Gasteiger partial charge is 0.480 e. The quantitative estimate of drug-likeness (QED) is 0.191. The molecule has 0 aromatic rings. The highest BCUT2D eigenvalue weighted by molar-refractivity contribution is 5.87. The highest BCUT2D eigenvalue weighted by atomic mass is 16.4. The third kappa shape index (κ3) is 11.4.